The van der Waals surface area contributed by atoms with Gasteiger partial charge in [0, 0.05) is 0 Å². The molecule has 3 nitrogen and oxygen atoms in total. The van der Waals surface area contributed by atoms with Crippen LogP contribution in [-0.2, 0) is 14.4 Å². The third kappa shape index (κ3) is 4.02. The molecule has 0 aromatic heterocycles. The van der Waals surface area contributed by atoms with Crippen LogP contribution in [0.25, 0.3) is 0 Å². The Morgan fingerprint density at radius 2 is 1.25 bits per heavy atom. The normalized spacial score (nSPS) is 14.6. The SMILES string of the molecule is FOC(F)(F)C(F)(F)OC(F)(F)OC(F)F. The molecule has 16 heavy (non-hydrogen) atoms. The van der Waals surface area contributed by atoms with Crippen LogP contribution in [0.1, 0.15) is 0 Å². The molecule has 0 N–H and O–H groups in total. The summed E-state index contributed by atoms with van der Waals surface area (Å²) >= 11 is 0. The van der Waals surface area contributed by atoms with Gasteiger partial charge in [0.1, 0.15) is 0 Å². The van der Waals surface area contributed by atoms with Crippen LogP contribution in [0.15, 0.2) is 0 Å². The van der Waals surface area contributed by atoms with Crippen molar-refractivity contribution >= 4 is 0 Å². The van der Waals surface area contributed by atoms with Gasteiger partial charge >= 0.3 is 25.1 Å². The smallest absolute Gasteiger partial charge is 0.232 e. The van der Waals surface area contributed by atoms with E-state index in [4.69, 9.17) is 0 Å². The monoisotopic (exact) mass is 268 g/mol. The van der Waals surface area contributed by atoms with Crippen molar-refractivity contribution in [2.45, 2.75) is 25.1 Å². The fourth-order valence-corrected chi connectivity index (χ4v) is 0.381. The van der Waals surface area contributed by atoms with Crippen molar-refractivity contribution in [3.8, 4) is 0 Å². The van der Waals surface area contributed by atoms with E-state index in [1.54, 1.807) is 0 Å². The third-order valence-electron chi connectivity index (χ3n) is 0.909. The maximum absolute atomic E-state index is 12.0. The highest BCUT2D eigenvalue weighted by Gasteiger charge is 2.66. The molecule has 0 saturated carbocycles. The highest BCUT2D eigenvalue weighted by molar-refractivity contribution is 4.65. The summed E-state index contributed by atoms with van der Waals surface area (Å²) < 4.78 is 109. The average molecular weight is 268 g/mol. The minimum atomic E-state index is -6.22. The highest BCUT2D eigenvalue weighted by Crippen LogP contribution is 2.41. The van der Waals surface area contributed by atoms with Crippen molar-refractivity contribution < 1.29 is 54.1 Å². The Hall–Kier alpha value is -0.750. The summed E-state index contributed by atoms with van der Waals surface area (Å²) in [5.74, 6) is 0. The average Bonchev–Trinajstić information content (AvgIpc) is 1.98. The molecule has 0 aliphatic carbocycles. The fourth-order valence-electron chi connectivity index (χ4n) is 0.381. The molecule has 0 heterocycles. The summed E-state index contributed by atoms with van der Waals surface area (Å²) in [5.41, 5.74) is 0. The molecule has 0 bridgehead atoms. The van der Waals surface area contributed by atoms with E-state index in [1.807, 2.05) is 4.74 Å². The molecule has 0 atom stereocenters. The fraction of sp³-hybridized carbons (Fsp3) is 1.00. The topological polar surface area (TPSA) is 27.7 Å². The minimum Gasteiger partial charge on any atom is -0.232 e. The summed E-state index contributed by atoms with van der Waals surface area (Å²) in [4.78, 5) is 1.37. The summed E-state index contributed by atoms with van der Waals surface area (Å²) in [5, 5.41) is 0. The van der Waals surface area contributed by atoms with Crippen LogP contribution in [-0.4, -0.2) is 25.1 Å². The lowest BCUT2D eigenvalue weighted by atomic mass is 10.6. The Balaban J connectivity index is 4.69. The van der Waals surface area contributed by atoms with Gasteiger partial charge in [0.05, 0.1) is 0 Å². The van der Waals surface area contributed by atoms with Crippen LogP contribution in [0.4, 0.5) is 39.6 Å². The van der Waals surface area contributed by atoms with Gasteiger partial charge in [-0.15, -0.1) is 13.7 Å². The first-order valence-corrected chi connectivity index (χ1v) is 3.03. The maximum atomic E-state index is 12.0. The van der Waals surface area contributed by atoms with Gasteiger partial charge in [-0.1, -0.05) is 0 Å². The van der Waals surface area contributed by atoms with Crippen LogP contribution in [0.2, 0.25) is 0 Å². The number of hydrogen-bond acceptors (Lipinski definition) is 3. The van der Waals surface area contributed by atoms with Crippen molar-refractivity contribution in [1.29, 1.82) is 0 Å². The van der Waals surface area contributed by atoms with E-state index in [1.165, 1.54) is 4.94 Å². The van der Waals surface area contributed by atoms with E-state index in [9.17, 15) is 39.6 Å². The number of alkyl halides is 8. The second-order valence-electron chi connectivity index (χ2n) is 2.05. The zero-order valence-corrected chi connectivity index (χ0v) is 6.70. The number of halogens is 9. The molecule has 0 rings (SSSR count). The van der Waals surface area contributed by atoms with E-state index >= 15 is 0 Å². The van der Waals surface area contributed by atoms with Crippen molar-refractivity contribution in [3.05, 3.63) is 0 Å². The minimum absolute atomic E-state index is 1.37. The molecule has 0 aliphatic rings. The zero-order chi connectivity index (χ0) is 13.2. The molecule has 0 aliphatic heterocycles. The number of hydrogen-bond donors (Lipinski definition) is 0. The van der Waals surface area contributed by atoms with E-state index in [2.05, 4.69) is 4.74 Å². The second kappa shape index (κ2) is 4.63. The first-order valence-electron chi connectivity index (χ1n) is 3.03. The Bertz CT molecular complexity index is 229. The number of rotatable bonds is 6. The molecular formula is C4HF9O3. The molecule has 0 saturated heterocycles. The Morgan fingerprint density at radius 3 is 1.56 bits per heavy atom. The largest absolute Gasteiger partial charge is 0.494 e. The maximum Gasteiger partial charge on any atom is 0.494 e. The Labute approximate surface area is 80.6 Å². The second-order valence-corrected chi connectivity index (χ2v) is 2.05. The summed E-state index contributed by atoms with van der Waals surface area (Å²) in [6.45, 7) is -4.29. The molecule has 0 aromatic rings. The van der Waals surface area contributed by atoms with Crippen molar-refractivity contribution in [3.63, 3.8) is 0 Å². The Morgan fingerprint density at radius 1 is 0.812 bits per heavy atom. The lowest BCUT2D eigenvalue weighted by molar-refractivity contribution is -0.557. The van der Waals surface area contributed by atoms with Crippen LogP contribution in [0.3, 0.4) is 0 Å². The zero-order valence-electron chi connectivity index (χ0n) is 6.70. The standard InChI is InChI=1S/C4HF9O3/c5-1(6)14-4(11,12)15-2(7,8)3(9,10)16-13/h1H. The summed E-state index contributed by atoms with van der Waals surface area (Å²) in [7, 11) is 0. The lowest BCUT2D eigenvalue weighted by Crippen LogP contribution is -2.48. The van der Waals surface area contributed by atoms with Gasteiger partial charge in [-0.3, -0.25) is 0 Å². The molecule has 98 valence electrons. The van der Waals surface area contributed by atoms with Gasteiger partial charge in [-0.25, -0.2) is 9.47 Å². The summed E-state index contributed by atoms with van der Waals surface area (Å²) in [6.07, 6.45) is -18.1. The van der Waals surface area contributed by atoms with Crippen molar-refractivity contribution in [1.82, 2.24) is 0 Å². The van der Waals surface area contributed by atoms with E-state index in [-0.39, 0.29) is 0 Å². The molecule has 0 radical (unpaired) electrons. The van der Waals surface area contributed by atoms with Crippen molar-refractivity contribution in [2.24, 2.45) is 0 Å². The first kappa shape index (κ1) is 15.2. The molecule has 0 fully saturated rings. The van der Waals surface area contributed by atoms with E-state index in [0.717, 1.165) is 0 Å². The molecule has 0 amide bonds. The predicted molar refractivity (Wildman–Crippen MR) is 25.2 cm³/mol. The third-order valence-corrected chi connectivity index (χ3v) is 0.909. The van der Waals surface area contributed by atoms with Crippen LogP contribution < -0.4 is 0 Å². The van der Waals surface area contributed by atoms with Gasteiger partial charge in [-0.2, -0.15) is 26.3 Å². The van der Waals surface area contributed by atoms with Gasteiger partial charge in [0.25, 0.3) is 0 Å². The van der Waals surface area contributed by atoms with Crippen LogP contribution >= 0.6 is 0 Å². The van der Waals surface area contributed by atoms with Crippen LogP contribution in [0.5, 0.6) is 0 Å². The van der Waals surface area contributed by atoms with Crippen molar-refractivity contribution in [2.75, 3.05) is 0 Å². The Kier molecular flexibility index (Phi) is 4.41. The highest BCUT2D eigenvalue weighted by atomic mass is 19.4. The molecule has 0 spiro atoms. The quantitative estimate of drug-likeness (QED) is 0.547. The first-order chi connectivity index (χ1) is 6.93. The van der Waals surface area contributed by atoms with E-state index < -0.39 is 25.1 Å². The predicted octanol–water partition coefficient (Wildman–Crippen LogP) is 2.88. The lowest BCUT2D eigenvalue weighted by Gasteiger charge is -2.25. The summed E-state index contributed by atoms with van der Waals surface area (Å²) in [6, 6.07) is 0. The van der Waals surface area contributed by atoms with Gasteiger partial charge in [0.15, 0.2) is 0 Å². The molecule has 0 aromatic carbocycles. The molecular weight excluding hydrogens is 267 g/mol. The number of ether oxygens (including phenoxy) is 2. The van der Waals surface area contributed by atoms with Gasteiger partial charge in [-0.05, 0) is 4.53 Å². The van der Waals surface area contributed by atoms with Gasteiger partial charge in [0.2, 0.25) is 0 Å². The van der Waals surface area contributed by atoms with Crippen LogP contribution in [0, 0.1) is 0 Å². The van der Waals surface area contributed by atoms with E-state index in [0.29, 0.717) is 0 Å². The molecule has 0 unspecified atom stereocenters. The molecule has 12 heteroatoms. The van der Waals surface area contributed by atoms with Gasteiger partial charge < -0.3 is 0 Å².